The molecule has 28 heavy (non-hydrogen) atoms. The van der Waals surface area contributed by atoms with Crippen LogP contribution in [0.15, 0.2) is 4.52 Å². The summed E-state index contributed by atoms with van der Waals surface area (Å²) in [5.74, 6) is -1.49. The minimum atomic E-state index is -5.08. The van der Waals surface area contributed by atoms with Crippen LogP contribution < -0.4 is 4.90 Å². The van der Waals surface area contributed by atoms with Crippen LogP contribution in [0.3, 0.4) is 0 Å². The summed E-state index contributed by atoms with van der Waals surface area (Å²) in [6.07, 6.45) is -1.98. The van der Waals surface area contributed by atoms with Gasteiger partial charge in [0.1, 0.15) is 11.1 Å². The van der Waals surface area contributed by atoms with Crippen LogP contribution in [-0.4, -0.2) is 56.3 Å². The summed E-state index contributed by atoms with van der Waals surface area (Å²) in [7, 11) is 0. The number of rotatable bonds is 2. The molecule has 0 aromatic carbocycles. The summed E-state index contributed by atoms with van der Waals surface area (Å²) in [4.78, 5) is 15.5. The number of carboxylic acids is 1. The number of halogens is 3. The quantitative estimate of drug-likeness (QED) is 0.781. The maximum Gasteiger partial charge on any atom is 0.490 e. The summed E-state index contributed by atoms with van der Waals surface area (Å²) >= 11 is 1.65. The predicted molar refractivity (Wildman–Crippen MR) is 90.0 cm³/mol. The monoisotopic (exact) mass is 421 g/mol. The molecule has 0 saturated carbocycles. The molecule has 4 heterocycles. The average molecular weight is 421 g/mol. The number of aromatic nitrogens is 4. The highest BCUT2D eigenvalue weighted by Crippen LogP contribution is 2.40. The molecule has 2 fully saturated rings. The number of aryl methyl sites for hydroxylation is 2. The third-order valence-corrected chi connectivity index (χ3v) is 5.25. The first-order chi connectivity index (χ1) is 13.1. The second kappa shape index (κ2) is 7.99. The Bertz CT molecular complexity index is 827. The number of anilines is 1. The highest BCUT2D eigenvalue weighted by Gasteiger charge is 2.42. The van der Waals surface area contributed by atoms with Gasteiger partial charge in [0.05, 0.1) is 12.1 Å². The van der Waals surface area contributed by atoms with E-state index in [-0.39, 0.29) is 12.2 Å². The molecule has 2 aliphatic heterocycles. The number of alkyl halides is 3. The van der Waals surface area contributed by atoms with E-state index in [0.717, 1.165) is 35.9 Å². The Kier molecular flexibility index (Phi) is 5.84. The molecule has 2 aromatic heterocycles. The van der Waals surface area contributed by atoms with Gasteiger partial charge in [-0.2, -0.15) is 18.2 Å². The van der Waals surface area contributed by atoms with Crippen LogP contribution in [0.2, 0.25) is 0 Å². The highest BCUT2D eigenvalue weighted by atomic mass is 32.1. The zero-order valence-electron chi connectivity index (χ0n) is 15.0. The van der Waals surface area contributed by atoms with Gasteiger partial charge in [0.15, 0.2) is 5.82 Å². The molecule has 0 amide bonds. The number of aliphatic carboxylic acids is 1. The van der Waals surface area contributed by atoms with Gasteiger partial charge in [0, 0.05) is 6.54 Å². The van der Waals surface area contributed by atoms with Crippen molar-refractivity contribution < 1.29 is 32.3 Å². The van der Waals surface area contributed by atoms with Gasteiger partial charge >= 0.3 is 12.1 Å². The summed E-state index contributed by atoms with van der Waals surface area (Å²) in [6.45, 7) is 4.79. The second-order valence-electron chi connectivity index (χ2n) is 6.38. The zero-order valence-corrected chi connectivity index (χ0v) is 15.8. The van der Waals surface area contributed by atoms with Crippen LogP contribution in [0.4, 0.5) is 18.3 Å². The topological polar surface area (TPSA) is 114 Å². The minimum absolute atomic E-state index is 0.0662. The van der Waals surface area contributed by atoms with Crippen molar-refractivity contribution in [2.45, 2.75) is 57.5 Å². The first-order valence-electron chi connectivity index (χ1n) is 8.47. The largest absolute Gasteiger partial charge is 0.490 e. The van der Waals surface area contributed by atoms with Gasteiger partial charge < -0.3 is 19.3 Å². The molecule has 1 N–H and O–H groups in total. The van der Waals surface area contributed by atoms with Crippen LogP contribution in [0.1, 0.15) is 42.1 Å². The van der Waals surface area contributed by atoms with E-state index in [1.807, 2.05) is 13.8 Å². The van der Waals surface area contributed by atoms with Crippen LogP contribution in [-0.2, 0) is 9.53 Å². The fourth-order valence-electron chi connectivity index (χ4n) is 3.19. The first-order valence-corrected chi connectivity index (χ1v) is 9.29. The lowest BCUT2D eigenvalue weighted by Gasteiger charge is -2.34. The molecule has 154 valence electrons. The number of ether oxygens (including phenoxy) is 1. The number of carbonyl (C=O) groups is 1. The highest BCUT2D eigenvalue weighted by molar-refractivity contribution is 7.15. The smallest absolute Gasteiger partial charge is 0.475 e. The molecule has 0 aliphatic carbocycles. The van der Waals surface area contributed by atoms with Gasteiger partial charge in [0.2, 0.25) is 5.13 Å². The molecule has 2 saturated heterocycles. The maximum absolute atomic E-state index is 10.6. The summed E-state index contributed by atoms with van der Waals surface area (Å²) in [5, 5.41) is 21.4. The normalized spacial score (nSPS) is 24.5. The van der Waals surface area contributed by atoms with E-state index in [1.54, 1.807) is 11.3 Å². The molecule has 13 heteroatoms. The van der Waals surface area contributed by atoms with Crippen molar-refractivity contribution in [2.24, 2.45) is 0 Å². The Hall–Kier alpha value is -2.28. The predicted octanol–water partition coefficient (Wildman–Crippen LogP) is 2.67. The zero-order chi connectivity index (χ0) is 20.5. The van der Waals surface area contributed by atoms with Crippen molar-refractivity contribution in [1.82, 2.24) is 20.3 Å². The number of carboxylic acid groups (broad SMARTS) is 1. The Labute approximate surface area is 161 Å². The van der Waals surface area contributed by atoms with Gasteiger partial charge in [-0.05, 0) is 33.1 Å². The van der Waals surface area contributed by atoms with Gasteiger partial charge in [-0.15, -0.1) is 10.2 Å². The SMILES string of the molecule is Cc1noc([C@@H]2CC[C@@H]3[C@@H](CCN3c3nnc(C)s3)O2)n1.O=C(O)C(F)(F)F. The summed E-state index contributed by atoms with van der Waals surface area (Å²) in [6, 6.07) is 0.387. The van der Waals surface area contributed by atoms with Gasteiger partial charge in [-0.3, -0.25) is 0 Å². The van der Waals surface area contributed by atoms with Crippen molar-refractivity contribution in [3.63, 3.8) is 0 Å². The van der Waals surface area contributed by atoms with Crippen LogP contribution in [0, 0.1) is 13.8 Å². The maximum atomic E-state index is 10.6. The summed E-state index contributed by atoms with van der Waals surface area (Å²) in [5.41, 5.74) is 0. The van der Waals surface area contributed by atoms with Gasteiger partial charge in [-0.25, -0.2) is 4.79 Å². The Balaban J connectivity index is 0.000000279. The van der Waals surface area contributed by atoms with Gasteiger partial charge in [0.25, 0.3) is 5.89 Å². The van der Waals surface area contributed by atoms with Gasteiger partial charge in [-0.1, -0.05) is 16.5 Å². The molecular formula is C15H18F3N5O4S. The van der Waals surface area contributed by atoms with E-state index in [9.17, 15) is 13.2 Å². The summed E-state index contributed by atoms with van der Waals surface area (Å²) < 4.78 is 43.2. The Morgan fingerprint density at radius 1 is 1.25 bits per heavy atom. The molecule has 0 bridgehead atoms. The van der Waals surface area contributed by atoms with Crippen LogP contribution in [0.25, 0.3) is 0 Å². The molecule has 0 radical (unpaired) electrons. The molecule has 4 rings (SSSR count). The van der Waals surface area contributed by atoms with Crippen molar-refractivity contribution in [3.8, 4) is 0 Å². The van der Waals surface area contributed by atoms with E-state index >= 15 is 0 Å². The number of nitrogens with zero attached hydrogens (tertiary/aromatic N) is 5. The van der Waals surface area contributed by atoms with Crippen molar-refractivity contribution in [3.05, 3.63) is 16.7 Å². The van der Waals surface area contributed by atoms with E-state index in [0.29, 0.717) is 17.8 Å². The standard InChI is InChI=1S/C13H17N5O2S.C2HF3O2/c1-7-14-12(20-17-7)11-4-3-9-10(19-11)5-6-18(9)13-16-15-8(2)21-13;3-2(4,5)1(6)7/h9-11H,3-6H2,1-2H3;(H,6,7)/t9-,10-,11+;/m1./s1. The molecule has 0 unspecified atom stereocenters. The number of fused-ring (bicyclic) bond motifs is 1. The van der Waals surface area contributed by atoms with Crippen LogP contribution >= 0.6 is 11.3 Å². The molecule has 0 spiro atoms. The number of hydrogen-bond acceptors (Lipinski definition) is 9. The van der Waals surface area contributed by atoms with Crippen molar-refractivity contribution in [1.29, 1.82) is 0 Å². The van der Waals surface area contributed by atoms with E-state index in [4.69, 9.17) is 19.2 Å². The average Bonchev–Trinajstić information content (AvgIpc) is 3.33. The molecule has 2 aliphatic rings. The van der Waals surface area contributed by atoms with Crippen molar-refractivity contribution in [2.75, 3.05) is 11.4 Å². The Morgan fingerprint density at radius 3 is 2.50 bits per heavy atom. The lowest BCUT2D eigenvalue weighted by Crippen LogP contribution is -2.40. The first kappa shape index (κ1) is 20.5. The number of hydrogen-bond donors (Lipinski definition) is 1. The fourth-order valence-corrected chi connectivity index (χ4v) is 3.96. The molecule has 2 aromatic rings. The Morgan fingerprint density at radius 2 is 1.96 bits per heavy atom. The minimum Gasteiger partial charge on any atom is -0.475 e. The third-order valence-electron chi connectivity index (χ3n) is 4.37. The second-order valence-corrected chi connectivity index (χ2v) is 7.54. The lowest BCUT2D eigenvalue weighted by atomic mass is 9.99. The molecule has 3 atom stereocenters. The van der Waals surface area contributed by atoms with E-state index in [1.165, 1.54) is 0 Å². The van der Waals surface area contributed by atoms with Crippen LogP contribution in [0.5, 0.6) is 0 Å². The third kappa shape index (κ3) is 4.58. The molecular weight excluding hydrogens is 403 g/mol. The van der Waals surface area contributed by atoms with Crippen molar-refractivity contribution >= 4 is 22.4 Å². The van der Waals surface area contributed by atoms with E-state index < -0.39 is 12.1 Å². The fraction of sp³-hybridized carbons (Fsp3) is 0.667. The lowest BCUT2D eigenvalue weighted by molar-refractivity contribution is -0.192. The molecule has 9 nitrogen and oxygen atoms in total. The van der Waals surface area contributed by atoms with E-state index in [2.05, 4.69) is 25.2 Å².